The Morgan fingerprint density at radius 3 is 1.36 bits per heavy atom. The summed E-state index contributed by atoms with van der Waals surface area (Å²) in [5.41, 5.74) is 0. The van der Waals surface area contributed by atoms with Crippen molar-refractivity contribution in [3.63, 3.8) is 0 Å². The van der Waals surface area contributed by atoms with Gasteiger partial charge in [0.25, 0.3) is 0 Å². The fourth-order valence-electron chi connectivity index (χ4n) is 2.96. The van der Waals surface area contributed by atoms with E-state index in [9.17, 15) is 9.59 Å². The maximum absolute atomic E-state index is 11.0. The van der Waals surface area contributed by atoms with Gasteiger partial charge in [0.1, 0.15) is 0 Å². The number of aliphatic carboxylic acids is 1. The quantitative estimate of drug-likeness (QED) is 0.219. The second kappa shape index (κ2) is 19.3. The first-order chi connectivity index (χ1) is 12.2. The second-order valence-electron chi connectivity index (χ2n) is 7.02. The maximum atomic E-state index is 11.0. The average Bonchev–Trinajstić information content (AvgIpc) is 2.60. The van der Waals surface area contributed by atoms with Crippen molar-refractivity contribution in [2.75, 3.05) is 6.61 Å². The smallest absolute Gasteiger partial charge is 0.305 e. The summed E-state index contributed by atoms with van der Waals surface area (Å²) >= 11 is 0. The first-order valence-electron chi connectivity index (χ1n) is 10.5. The topological polar surface area (TPSA) is 63.6 Å². The highest BCUT2D eigenvalue weighted by Crippen LogP contribution is 2.13. The first-order valence-corrected chi connectivity index (χ1v) is 10.5. The van der Waals surface area contributed by atoms with Gasteiger partial charge in [0.2, 0.25) is 0 Å². The van der Waals surface area contributed by atoms with Crippen LogP contribution in [0.25, 0.3) is 0 Å². The van der Waals surface area contributed by atoms with E-state index >= 15 is 0 Å². The van der Waals surface area contributed by atoms with Crippen LogP contribution in [0.3, 0.4) is 0 Å². The van der Waals surface area contributed by atoms with Crippen molar-refractivity contribution in [1.82, 2.24) is 0 Å². The molecule has 0 bridgehead atoms. The number of carbonyl (C=O) groups excluding carboxylic acids is 1. The molecule has 0 aliphatic carbocycles. The van der Waals surface area contributed by atoms with E-state index < -0.39 is 5.97 Å². The largest absolute Gasteiger partial charge is 0.481 e. The van der Waals surface area contributed by atoms with Crippen molar-refractivity contribution in [2.24, 2.45) is 0 Å². The van der Waals surface area contributed by atoms with E-state index in [-0.39, 0.29) is 5.97 Å². The number of hydrogen-bond donors (Lipinski definition) is 1. The molecule has 0 radical (unpaired) electrons. The summed E-state index contributed by atoms with van der Waals surface area (Å²) in [6.07, 6.45) is 19.2. The molecule has 0 aliphatic rings. The van der Waals surface area contributed by atoms with Gasteiger partial charge < -0.3 is 9.84 Å². The van der Waals surface area contributed by atoms with Crippen LogP contribution in [0.1, 0.15) is 116 Å². The number of rotatable bonds is 19. The van der Waals surface area contributed by atoms with Crippen LogP contribution in [0.5, 0.6) is 0 Å². The molecule has 4 nitrogen and oxygen atoms in total. The van der Waals surface area contributed by atoms with Crippen LogP contribution in [-0.2, 0) is 14.3 Å². The van der Waals surface area contributed by atoms with Gasteiger partial charge in [0, 0.05) is 12.8 Å². The third-order valence-electron chi connectivity index (χ3n) is 4.59. The maximum Gasteiger partial charge on any atom is 0.305 e. The summed E-state index contributed by atoms with van der Waals surface area (Å²) in [6, 6.07) is 0. The number of ether oxygens (including phenoxy) is 1. The highest BCUT2D eigenvalue weighted by molar-refractivity contribution is 5.68. The lowest BCUT2D eigenvalue weighted by Crippen LogP contribution is -2.03. The van der Waals surface area contributed by atoms with Crippen molar-refractivity contribution in [2.45, 2.75) is 116 Å². The summed E-state index contributed by atoms with van der Waals surface area (Å²) in [4.78, 5) is 21.3. The van der Waals surface area contributed by atoms with E-state index in [0.717, 1.165) is 19.3 Å². The van der Waals surface area contributed by atoms with Crippen molar-refractivity contribution in [3.05, 3.63) is 0 Å². The Morgan fingerprint density at radius 2 is 1.00 bits per heavy atom. The standard InChI is InChI=1S/C21H40O4/c1-2-21(24)25-19-17-15-13-11-9-7-5-3-4-6-8-10-12-14-16-18-20(22)23/h2-19H2,1H3,(H,22,23). The van der Waals surface area contributed by atoms with Gasteiger partial charge in [-0.1, -0.05) is 90.4 Å². The Labute approximate surface area is 154 Å². The molecule has 25 heavy (non-hydrogen) atoms. The number of esters is 1. The van der Waals surface area contributed by atoms with Gasteiger partial charge >= 0.3 is 11.9 Å². The van der Waals surface area contributed by atoms with E-state index in [2.05, 4.69) is 0 Å². The number of carboxylic acids is 1. The minimum Gasteiger partial charge on any atom is -0.481 e. The molecule has 0 unspecified atom stereocenters. The zero-order valence-corrected chi connectivity index (χ0v) is 16.4. The van der Waals surface area contributed by atoms with Crippen molar-refractivity contribution >= 4 is 11.9 Å². The minimum absolute atomic E-state index is 0.0850. The van der Waals surface area contributed by atoms with Crippen molar-refractivity contribution < 1.29 is 19.4 Å². The van der Waals surface area contributed by atoms with Crippen molar-refractivity contribution in [3.8, 4) is 0 Å². The van der Waals surface area contributed by atoms with E-state index in [4.69, 9.17) is 9.84 Å². The molecule has 0 aliphatic heterocycles. The normalized spacial score (nSPS) is 10.8. The first kappa shape index (κ1) is 23.9. The van der Waals surface area contributed by atoms with Gasteiger partial charge in [0.15, 0.2) is 0 Å². The molecule has 0 amide bonds. The third kappa shape index (κ3) is 20.9. The van der Waals surface area contributed by atoms with Gasteiger partial charge in [-0.15, -0.1) is 0 Å². The summed E-state index contributed by atoms with van der Waals surface area (Å²) in [7, 11) is 0. The lowest BCUT2D eigenvalue weighted by molar-refractivity contribution is -0.143. The zero-order valence-electron chi connectivity index (χ0n) is 16.4. The van der Waals surface area contributed by atoms with Crippen LogP contribution in [0.15, 0.2) is 0 Å². The summed E-state index contributed by atoms with van der Waals surface area (Å²) in [5, 5.41) is 8.55. The van der Waals surface area contributed by atoms with E-state index in [1.54, 1.807) is 0 Å². The number of carbonyl (C=O) groups is 2. The van der Waals surface area contributed by atoms with E-state index in [1.165, 1.54) is 77.0 Å². The molecule has 0 rings (SSSR count). The second-order valence-corrected chi connectivity index (χ2v) is 7.02. The SMILES string of the molecule is CCC(=O)OCCCCCCCCCCCCCCCCCC(=O)O. The molecule has 1 N–H and O–H groups in total. The molecule has 0 aromatic heterocycles. The lowest BCUT2D eigenvalue weighted by Gasteiger charge is -2.04. The average molecular weight is 357 g/mol. The molecule has 0 aromatic carbocycles. The molecule has 0 fully saturated rings. The van der Waals surface area contributed by atoms with Crippen LogP contribution < -0.4 is 0 Å². The Kier molecular flexibility index (Phi) is 18.5. The molecule has 0 saturated carbocycles. The Balaban J connectivity index is 3.03. The Hall–Kier alpha value is -1.06. The summed E-state index contributed by atoms with van der Waals surface area (Å²) in [6.45, 7) is 2.42. The highest BCUT2D eigenvalue weighted by atomic mass is 16.5. The highest BCUT2D eigenvalue weighted by Gasteiger charge is 1.98. The van der Waals surface area contributed by atoms with Crippen LogP contribution in [-0.4, -0.2) is 23.7 Å². The fraction of sp³-hybridized carbons (Fsp3) is 0.905. The van der Waals surface area contributed by atoms with Gasteiger partial charge in [-0.25, -0.2) is 0 Å². The predicted molar refractivity (Wildman–Crippen MR) is 103 cm³/mol. The molecule has 0 aromatic rings. The van der Waals surface area contributed by atoms with Crippen molar-refractivity contribution in [1.29, 1.82) is 0 Å². The molecule has 0 saturated heterocycles. The summed E-state index contributed by atoms with van der Waals surface area (Å²) in [5.74, 6) is -0.754. The molecule has 0 heterocycles. The zero-order chi connectivity index (χ0) is 18.6. The van der Waals surface area contributed by atoms with E-state index in [1.807, 2.05) is 6.92 Å². The molecular weight excluding hydrogens is 316 g/mol. The van der Waals surface area contributed by atoms with Crippen LogP contribution in [0.4, 0.5) is 0 Å². The Morgan fingerprint density at radius 1 is 0.640 bits per heavy atom. The summed E-state index contributed by atoms with van der Waals surface area (Å²) < 4.78 is 5.06. The fourth-order valence-corrected chi connectivity index (χ4v) is 2.96. The molecule has 4 heteroatoms. The van der Waals surface area contributed by atoms with E-state index in [0.29, 0.717) is 19.4 Å². The lowest BCUT2D eigenvalue weighted by atomic mass is 10.0. The predicted octanol–water partition coefficient (Wildman–Crippen LogP) is 6.27. The van der Waals surface area contributed by atoms with Gasteiger partial charge in [-0.05, 0) is 12.8 Å². The molecular formula is C21H40O4. The number of carboxylic acid groups (broad SMARTS) is 1. The van der Waals surface area contributed by atoms with Crippen LogP contribution in [0, 0.1) is 0 Å². The van der Waals surface area contributed by atoms with Gasteiger partial charge in [0.05, 0.1) is 6.61 Å². The molecule has 0 spiro atoms. The third-order valence-corrected chi connectivity index (χ3v) is 4.59. The number of unbranched alkanes of at least 4 members (excludes halogenated alkanes) is 14. The minimum atomic E-state index is -0.669. The van der Waals surface area contributed by atoms with Gasteiger partial charge in [-0.2, -0.15) is 0 Å². The van der Waals surface area contributed by atoms with Crippen LogP contribution >= 0.6 is 0 Å². The molecule has 148 valence electrons. The molecule has 0 atom stereocenters. The monoisotopic (exact) mass is 356 g/mol. The number of hydrogen-bond acceptors (Lipinski definition) is 3. The van der Waals surface area contributed by atoms with Gasteiger partial charge in [-0.3, -0.25) is 9.59 Å². The van der Waals surface area contributed by atoms with Crippen LogP contribution in [0.2, 0.25) is 0 Å². The Bertz CT molecular complexity index is 315.